The molecule has 1 aromatic rings. The van der Waals surface area contributed by atoms with Crippen LogP contribution in [0.3, 0.4) is 0 Å². The second-order valence-corrected chi connectivity index (χ2v) is 3.69. The molecule has 0 amide bonds. The zero-order chi connectivity index (χ0) is 10.0. The molecule has 0 spiro atoms. The molecule has 0 aliphatic rings. The SMILES string of the molecule is Cc1ccc(C)c(OP(O)O)c1C. The van der Waals surface area contributed by atoms with E-state index in [2.05, 4.69) is 0 Å². The van der Waals surface area contributed by atoms with Gasteiger partial charge in [-0.1, -0.05) is 12.1 Å². The zero-order valence-electron chi connectivity index (χ0n) is 7.90. The maximum Gasteiger partial charge on any atom is 0.391 e. The van der Waals surface area contributed by atoms with Crippen LogP contribution in [0, 0.1) is 20.8 Å². The van der Waals surface area contributed by atoms with Gasteiger partial charge in [0, 0.05) is 0 Å². The van der Waals surface area contributed by atoms with Crippen LogP contribution >= 0.6 is 8.60 Å². The second kappa shape index (κ2) is 4.05. The second-order valence-electron chi connectivity index (χ2n) is 3.00. The lowest BCUT2D eigenvalue weighted by Gasteiger charge is -2.13. The first-order chi connectivity index (χ1) is 6.02. The molecule has 1 aromatic carbocycles. The molecule has 0 aliphatic carbocycles. The van der Waals surface area contributed by atoms with Crippen LogP contribution in [0.15, 0.2) is 12.1 Å². The van der Waals surface area contributed by atoms with Gasteiger partial charge in [0.05, 0.1) is 0 Å². The van der Waals surface area contributed by atoms with Crippen molar-refractivity contribution in [2.45, 2.75) is 20.8 Å². The van der Waals surface area contributed by atoms with Crippen LogP contribution in [0.1, 0.15) is 16.7 Å². The molecule has 0 aliphatic heterocycles. The van der Waals surface area contributed by atoms with Crippen LogP contribution in [0.4, 0.5) is 0 Å². The predicted molar refractivity (Wildman–Crippen MR) is 52.6 cm³/mol. The van der Waals surface area contributed by atoms with Crippen LogP contribution in [0.25, 0.3) is 0 Å². The van der Waals surface area contributed by atoms with Gasteiger partial charge >= 0.3 is 8.60 Å². The molecule has 0 aromatic heterocycles. The third-order valence-electron chi connectivity index (χ3n) is 2.05. The Kier molecular flexibility index (Phi) is 3.26. The summed E-state index contributed by atoms with van der Waals surface area (Å²) in [5.74, 6) is 0.580. The van der Waals surface area contributed by atoms with E-state index in [1.807, 2.05) is 32.9 Å². The van der Waals surface area contributed by atoms with E-state index >= 15 is 0 Å². The van der Waals surface area contributed by atoms with E-state index in [0.29, 0.717) is 5.75 Å². The van der Waals surface area contributed by atoms with Crippen LogP contribution < -0.4 is 4.52 Å². The fourth-order valence-corrected chi connectivity index (χ4v) is 1.59. The Balaban J connectivity index is 3.10. The van der Waals surface area contributed by atoms with E-state index < -0.39 is 8.60 Å². The Morgan fingerprint density at radius 2 is 1.62 bits per heavy atom. The van der Waals surface area contributed by atoms with Crippen molar-refractivity contribution >= 4 is 8.60 Å². The van der Waals surface area contributed by atoms with Crippen molar-refractivity contribution in [3.63, 3.8) is 0 Å². The van der Waals surface area contributed by atoms with Crippen LogP contribution in [-0.4, -0.2) is 9.79 Å². The van der Waals surface area contributed by atoms with Crippen molar-refractivity contribution in [1.29, 1.82) is 0 Å². The van der Waals surface area contributed by atoms with Crippen molar-refractivity contribution in [2.24, 2.45) is 0 Å². The van der Waals surface area contributed by atoms with E-state index in [9.17, 15) is 0 Å². The van der Waals surface area contributed by atoms with Gasteiger partial charge in [-0.25, -0.2) is 0 Å². The maximum atomic E-state index is 8.74. The molecule has 0 saturated carbocycles. The van der Waals surface area contributed by atoms with E-state index in [-0.39, 0.29) is 0 Å². The smallest absolute Gasteiger partial charge is 0.391 e. The van der Waals surface area contributed by atoms with Gasteiger partial charge in [-0.15, -0.1) is 0 Å². The molecule has 1 rings (SSSR count). The molecule has 4 heteroatoms. The normalized spacial score (nSPS) is 10.6. The van der Waals surface area contributed by atoms with Gasteiger partial charge in [0.25, 0.3) is 0 Å². The summed E-state index contributed by atoms with van der Waals surface area (Å²) < 4.78 is 4.93. The summed E-state index contributed by atoms with van der Waals surface area (Å²) in [6.07, 6.45) is 0. The molecule has 0 atom stereocenters. The van der Waals surface area contributed by atoms with E-state index in [1.54, 1.807) is 0 Å². The molecule has 0 bridgehead atoms. The van der Waals surface area contributed by atoms with Gasteiger partial charge in [0.1, 0.15) is 5.75 Å². The Hall–Kier alpha value is -0.630. The highest BCUT2D eigenvalue weighted by Gasteiger charge is 2.10. The highest BCUT2D eigenvalue weighted by molar-refractivity contribution is 7.39. The molecule has 13 heavy (non-hydrogen) atoms. The first kappa shape index (κ1) is 10.5. The van der Waals surface area contributed by atoms with Crippen molar-refractivity contribution < 1.29 is 14.3 Å². The van der Waals surface area contributed by atoms with Crippen LogP contribution in [0.2, 0.25) is 0 Å². The minimum absolute atomic E-state index is 0.580. The molecule has 72 valence electrons. The largest absolute Gasteiger partial charge is 0.426 e. The molecular weight excluding hydrogens is 187 g/mol. The van der Waals surface area contributed by atoms with E-state index in [0.717, 1.165) is 16.7 Å². The monoisotopic (exact) mass is 200 g/mol. The minimum atomic E-state index is -2.32. The molecule has 0 fully saturated rings. The lowest BCUT2D eigenvalue weighted by molar-refractivity contribution is 0.373. The minimum Gasteiger partial charge on any atom is -0.426 e. The summed E-state index contributed by atoms with van der Waals surface area (Å²) in [6, 6.07) is 3.88. The Bertz CT molecular complexity index is 310. The van der Waals surface area contributed by atoms with Gasteiger partial charge in [-0.3, -0.25) is 0 Å². The van der Waals surface area contributed by atoms with Crippen molar-refractivity contribution in [1.82, 2.24) is 0 Å². The fraction of sp³-hybridized carbons (Fsp3) is 0.333. The lowest BCUT2D eigenvalue weighted by Crippen LogP contribution is -1.93. The molecule has 0 heterocycles. The first-order valence-corrected chi connectivity index (χ1v) is 5.11. The van der Waals surface area contributed by atoms with Gasteiger partial charge in [-0.05, 0) is 37.5 Å². The number of rotatable bonds is 2. The molecule has 0 radical (unpaired) electrons. The summed E-state index contributed by atoms with van der Waals surface area (Å²) in [4.78, 5) is 17.5. The van der Waals surface area contributed by atoms with Gasteiger partial charge in [0.15, 0.2) is 0 Å². The summed E-state index contributed by atoms with van der Waals surface area (Å²) in [5.41, 5.74) is 2.95. The summed E-state index contributed by atoms with van der Waals surface area (Å²) in [7, 11) is -2.32. The molecule has 2 N–H and O–H groups in total. The Labute approximate surface area is 79.0 Å². The van der Waals surface area contributed by atoms with E-state index in [1.165, 1.54) is 0 Å². The first-order valence-electron chi connectivity index (χ1n) is 3.95. The Morgan fingerprint density at radius 3 is 2.15 bits per heavy atom. The third kappa shape index (κ3) is 2.41. The van der Waals surface area contributed by atoms with Crippen LogP contribution in [-0.2, 0) is 0 Å². The number of aryl methyl sites for hydroxylation is 2. The zero-order valence-corrected chi connectivity index (χ0v) is 8.80. The maximum absolute atomic E-state index is 8.74. The van der Waals surface area contributed by atoms with Crippen molar-refractivity contribution in [3.05, 3.63) is 28.8 Å². The highest BCUT2D eigenvalue weighted by atomic mass is 31.2. The Morgan fingerprint density at radius 1 is 1.08 bits per heavy atom. The van der Waals surface area contributed by atoms with Gasteiger partial charge in [-0.2, -0.15) is 0 Å². The van der Waals surface area contributed by atoms with Crippen molar-refractivity contribution in [3.8, 4) is 5.75 Å². The standard InChI is InChI=1S/C9H13O3P/c1-6-4-5-7(2)9(8(6)3)12-13(10)11/h4-5,10-11H,1-3H3. The number of benzene rings is 1. The van der Waals surface area contributed by atoms with E-state index in [4.69, 9.17) is 14.3 Å². The average molecular weight is 200 g/mol. The van der Waals surface area contributed by atoms with Crippen LogP contribution in [0.5, 0.6) is 5.75 Å². The number of hydrogen-bond donors (Lipinski definition) is 2. The van der Waals surface area contributed by atoms with Gasteiger partial charge in [0.2, 0.25) is 0 Å². The lowest BCUT2D eigenvalue weighted by atomic mass is 10.1. The predicted octanol–water partition coefficient (Wildman–Crippen LogP) is 2.20. The quantitative estimate of drug-likeness (QED) is 0.719. The number of hydrogen-bond acceptors (Lipinski definition) is 3. The topological polar surface area (TPSA) is 49.7 Å². The third-order valence-corrected chi connectivity index (χ3v) is 2.39. The molecule has 0 saturated heterocycles. The molecule has 0 unspecified atom stereocenters. The summed E-state index contributed by atoms with van der Waals surface area (Å²) >= 11 is 0. The summed E-state index contributed by atoms with van der Waals surface area (Å²) in [6.45, 7) is 5.73. The molecular formula is C9H13O3P. The van der Waals surface area contributed by atoms with Crippen molar-refractivity contribution in [2.75, 3.05) is 0 Å². The fourth-order valence-electron chi connectivity index (χ4n) is 1.15. The highest BCUT2D eigenvalue weighted by Crippen LogP contribution is 2.35. The summed E-state index contributed by atoms with van der Waals surface area (Å²) in [5, 5.41) is 0. The van der Waals surface area contributed by atoms with Gasteiger partial charge < -0.3 is 14.3 Å². The molecule has 3 nitrogen and oxygen atoms in total. The average Bonchev–Trinajstić information content (AvgIpc) is 2.05.